The lowest BCUT2D eigenvalue weighted by molar-refractivity contribution is -0.138. The minimum absolute atomic E-state index is 0.487. The molecular weight excluding hydrogens is 462 g/mol. The zero-order valence-electron chi connectivity index (χ0n) is 20.6. The summed E-state index contributed by atoms with van der Waals surface area (Å²) in [6, 6.07) is 14.2. The van der Waals surface area contributed by atoms with Gasteiger partial charge in [-0.15, -0.1) is 11.8 Å². The molecule has 0 radical (unpaired) electrons. The molecule has 1 aliphatic heterocycles. The Kier molecular flexibility index (Phi) is 7.62. The van der Waals surface area contributed by atoms with Crippen molar-refractivity contribution in [1.82, 2.24) is 15.0 Å². The molecule has 1 aromatic heterocycles. The quantitative estimate of drug-likeness (QED) is 0.364. The normalized spacial score (nSPS) is 13.7. The van der Waals surface area contributed by atoms with Crippen LogP contribution < -0.4 is 0 Å². The van der Waals surface area contributed by atoms with Crippen molar-refractivity contribution < 1.29 is 19.2 Å². The van der Waals surface area contributed by atoms with Gasteiger partial charge in [-0.3, -0.25) is 9.69 Å². The van der Waals surface area contributed by atoms with Crippen LogP contribution in [0, 0.1) is 13.8 Å². The minimum atomic E-state index is -0.884. The van der Waals surface area contributed by atoms with Crippen LogP contribution in [-0.4, -0.2) is 44.0 Å². The van der Waals surface area contributed by atoms with E-state index in [1.165, 1.54) is 17.3 Å². The van der Waals surface area contributed by atoms with Gasteiger partial charge >= 0.3 is 5.97 Å². The zero-order chi connectivity index (χ0) is 25.0. The van der Waals surface area contributed by atoms with Gasteiger partial charge < -0.3 is 14.4 Å². The van der Waals surface area contributed by atoms with E-state index >= 15 is 0 Å². The maximum Gasteiger partial charge on any atom is 0.319 e. The van der Waals surface area contributed by atoms with E-state index in [1.807, 2.05) is 43.3 Å². The van der Waals surface area contributed by atoms with Crippen LogP contribution in [0.25, 0.3) is 11.4 Å². The van der Waals surface area contributed by atoms with Gasteiger partial charge in [-0.1, -0.05) is 41.1 Å². The number of carboxylic acids is 1. The molecule has 0 fully saturated rings. The lowest BCUT2D eigenvalue weighted by Crippen LogP contribution is -2.27. The number of carboxylic acid groups (broad SMARTS) is 1. The van der Waals surface area contributed by atoms with Crippen molar-refractivity contribution in [3.05, 3.63) is 76.9 Å². The smallest absolute Gasteiger partial charge is 0.319 e. The second-order valence-electron chi connectivity index (χ2n) is 9.34. The average Bonchev–Trinajstić information content (AvgIpc) is 3.47. The molecule has 2 aromatic carbocycles. The van der Waals surface area contributed by atoms with E-state index in [0.717, 1.165) is 33.8 Å². The van der Waals surface area contributed by atoms with Gasteiger partial charge in [0, 0.05) is 23.4 Å². The second kappa shape index (κ2) is 10.7. The summed E-state index contributed by atoms with van der Waals surface area (Å²) >= 11 is 1.34. The Bertz CT molecular complexity index is 1220. The summed E-state index contributed by atoms with van der Waals surface area (Å²) in [7, 11) is 0. The minimum Gasteiger partial charge on any atom is -0.497 e. The highest BCUT2D eigenvalue weighted by atomic mass is 32.2. The predicted molar refractivity (Wildman–Crippen MR) is 136 cm³/mol. The molecule has 0 bridgehead atoms. The molecule has 0 atom stereocenters. The van der Waals surface area contributed by atoms with Gasteiger partial charge in [0.15, 0.2) is 0 Å². The summed E-state index contributed by atoms with van der Waals surface area (Å²) in [6.07, 6.45) is 3.04. The van der Waals surface area contributed by atoms with Gasteiger partial charge in [0.1, 0.15) is 10.5 Å². The molecule has 35 heavy (non-hydrogen) atoms. The Morgan fingerprint density at radius 1 is 1.11 bits per heavy atom. The number of hydrogen-bond donors (Lipinski definition) is 1. The molecule has 3 aromatic rings. The van der Waals surface area contributed by atoms with E-state index in [2.05, 4.69) is 34.1 Å². The largest absolute Gasteiger partial charge is 0.497 e. The molecule has 0 saturated carbocycles. The van der Waals surface area contributed by atoms with Crippen LogP contribution in [0.15, 0.2) is 63.7 Å². The van der Waals surface area contributed by atoms with Crippen LogP contribution in [-0.2, 0) is 22.6 Å². The Morgan fingerprint density at radius 3 is 2.54 bits per heavy atom. The van der Waals surface area contributed by atoms with Crippen LogP contribution in [0.1, 0.15) is 42.8 Å². The maximum atomic E-state index is 11.4. The molecule has 0 saturated heterocycles. The van der Waals surface area contributed by atoms with E-state index in [-0.39, 0.29) is 0 Å². The van der Waals surface area contributed by atoms with Gasteiger partial charge in [-0.25, -0.2) is 0 Å². The predicted octanol–water partition coefficient (Wildman–Crippen LogP) is 5.62. The Hall–Kier alpha value is -3.10. The van der Waals surface area contributed by atoms with Crippen molar-refractivity contribution in [3.8, 4) is 11.4 Å². The Balaban J connectivity index is 1.48. The van der Waals surface area contributed by atoms with E-state index in [9.17, 15) is 9.90 Å². The molecule has 0 amide bonds. The van der Waals surface area contributed by atoms with Crippen molar-refractivity contribution in [2.75, 3.05) is 13.2 Å². The number of nitrogens with zero attached hydrogens (tertiary/aromatic N) is 3. The second-order valence-corrected chi connectivity index (χ2v) is 11.0. The van der Waals surface area contributed by atoms with Crippen molar-refractivity contribution in [1.29, 1.82) is 0 Å². The number of aryl methyl sites for hydroxylation is 2. The van der Waals surface area contributed by atoms with Gasteiger partial charge in [-0.05, 0) is 57.0 Å². The molecule has 184 valence electrons. The highest BCUT2D eigenvalue weighted by Gasteiger charge is 2.28. The maximum absolute atomic E-state index is 11.4. The Labute approximate surface area is 210 Å². The van der Waals surface area contributed by atoms with Gasteiger partial charge in [0.25, 0.3) is 0 Å². The molecule has 0 aliphatic carbocycles. The van der Waals surface area contributed by atoms with Gasteiger partial charge in [0.2, 0.25) is 11.7 Å². The zero-order valence-corrected chi connectivity index (χ0v) is 21.4. The number of benzene rings is 2. The molecule has 1 aliphatic rings. The van der Waals surface area contributed by atoms with Gasteiger partial charge in [0.05, 0.1) is 19.7 Å². The third kappa shape index (κ3) is 6.52. The molecule has 7 nitrogen and oxygen atoms in total. The number of thioether (sulfide) groups is 1. The van der Waals surface area contributed by atoms with E-state index in [4.69, 9.17) is 9.26 Å². The molecule has 1 N–H and O–H groups in total. The van der Waals surface area contributed by atoms with Crippen LogP contribution >= 0.6 is 11.8 Å². The number of aromatic nitrogens is 2. The number of rotatable bonds is 10. The average molecular weight is 494 g/mol. The number of hydrogen-bond acceptors (Lipinski definition) is 7. The van der Waals surface area contributed by atoms with Crippen LogP contribution in [0.4, 0.5) is 0 Å². The first-order valence-corrected chi connectivity index (χ1v) is 12.5. The number of carbonyl (C=O) groups is 1. The van der Waals surface area contributed by atoms with Crippen LogP contribution in [0.2, 0.25) is 0 Å². The van der Waals surface area contributed by atoms with E-state index in [1.54, 1.807) is 13.8 Å². The van der Waals surface area contributed by atoms with E-state index < -0.39 is 10.7 Å². The summed E-state index contributed by atoms with van der Waals surface area (Å²) in [4.78, 5) is 19.2. The SMILES string of the molecule is Cc1ccc(-c2noc(CN(CC3=CCCO3)Cc3ccc(SC(C)(C)C(=O)O)cc3)n2)c(C)c1. The number of aliphatic carboxylic acids is 1. The fourth-order valence-corrected chi connectivity index (χ4v) is 4.86. The fraction of sp³-hybridized carbons (Fsp3) is 0.370. The lowest BCUT2D eigenvalue weighted by Gasteiger charge is -2.22. The topological polar surface area (TPSA) is 88.7 Å². The summed E-state index contributed by atoms with van der Waals surface area (Å²) in [6.45, 7) is 10.0. The molecule has 0 spiro atoms. The summed E-state index contributed by atoms with van der Waals surface area (Å²) in [5.41, 5.74) is 4.39. The monoisotopic (exact) mass is 493 g/mol. The summed E-state index contributed by atoms with van der Waals surface area (Å²) in [5, 5.41) is 13.6. The highest BCUT2D eigenvalue weighted by molar-refractivity contribution is 8.01. The molecular formula is C27H31N3O4S. The standard InChI is InChI=1S/C27H31N3O4S/c1-18-7-12-23(19(2)14-18)25-28-24(34-29-25)17-30(16-21-6-5-13-33-21)15-20-8-10-22(11-9-20)35-27(3,4)26(31)32/h6-12,14H,5,13,15-17H2,1-4H3,(H,31,32). The highest BCUT2D eigenvalue weighted by Crippen LogP contribution is 2.33. The molecule has 0 unspecified atom stereocenters. The van der Waals surface area contributed by atoms with Crippen molar-refractivity contribution in [2.45, 2.75) is 56.8 Å². The van der Waals surface area contributed by atoms with Crippen molar-refractivity contribution >= 4 is 17.7 Å². The van der Waals surface area contributed by atoms with Crippen molar-refractivity contribution in [3.63, 3.8) is 0 Å². The summed E-state index contributed by atoms with van der Waals surface area (Å²) < 4.78 is 10.5. The fourth-order valence-electron chi connectivity index (χ4n) is 3.91. The summed E-state index contributed by atoms with van der Waals surface area (Å²) in [5.74, 6) is 1.27. The third-order valence-electron chi connectivity index (χ3n) is 5.82. The molecule has 2 heterocycles. The van der Waals surface area contributed by atoms with Crippen LogP contribution in [0.3, 0.4) is 0 Å². The first kappa shape index (κ1) is 25.0. The van der Waals surface area contributed by atoms with E-state index in [0.29, 0.717) is 38.0 Å². The van der Waals surface area contributed by atoms with Crippen molar-refractivity contribution in [2.24, 2.45) is 0 Å². The Morgan fingerprint density at radius 2 is 1.89 bits per heavy atom. The molecule has 4 rings (SSSR count). The first-order valence-electron chi connectivity index (χ1n) is 11.7. The van der Waals surface area contributed by atoms with Crippen LogP contribution in [0.5, 0.6) is 0 Å². The third-order valence-corrected chi connectivity index (χ3v) is 7.02. The van der Waals surface area contributed by atoms with Gasteiger partial charge in [-0.2, -0.15) is 4.98 Å². The lowest BCUT2D eigenvalue weighted by atomic mass is 10.1. The molecule has 8 heteroatoms. The number of ether oxygens (including phenoxy) is 1. The first-order chi connectivity index (χ1) is 16.7.